The fourth-order valence-corrected chi connectivity index (χ4v) is 5.30. The molecule has 2 amide bonds. The quantitative estimate of drug-likeness (QED) is 0.766. The highest BCUT2D eigenvalue weighted by Crippen LogP contribution is 2.36. The van der Waals surface area contributed by atoms with E-state index in [1.54, 1.807) is 4.90 Å². The van der Waals surface area contributed by atoms with Crippen LogP contribution in [0.2, 0.25) is 0 Å². The molecule has 0 unspecified atom stereocenters. The number of benzene rings is 1. The zero-order valence-electron chi connectivity index (χ0n) is 16.2. The zero-order chi connectivity index (χ0) is 19.7. The molecule has 4 rings (SSSR count). The van der Waals surface area contributed by atoms with Gasteiger partial charge in [0.2, 0.25) is 5.91 Å². The molecule has 3 aliphatic rings. The minimum Gasteiger partial charge on any atom is -0.339 e. The molecule has 2 heterocycles. The number of halogens is 2. The van der Waals surface area contributed by atoms with E-state index < -0.39 is 17.5 Å². The van der Waals surface area contributed by atoms with E-state index in [0.717, 1.165) is 31.5 Å². The first-order valence-electron chi connectivity index (χ1n) is 10.6. The van der Waals surface area contributed by atoms with Crippen LogP contribution in [0.25, 0.3) is 0 Å². The highest BCUT2D eigenvalue weighted by atomic mass is 19.1. The molecule has 152 valence electrons. The average Bonchev–Trinajstić information content (AvgIpc) is 2.72. The monoisotopic (exact) mass is 390 g/mol. The predicted molar refractivity (Wildman–Crippen MR) is 102 cm³/mol. The van der Waals surface area contributed by atoms with Crippen molar-refractivity contribution in [1.29, 1.82) is 0 Å². The van der Waals surface area contributed by atoms with Crippen LogP contribution in [0, 0.1) is 23.5 Å². The molecule has 1 aliphatic carbocycles. The number of nitrogens with zero attached hydrogens (tertiary/aromatic N) is 2. The van der Waals surface area contributed by atoms with Crippen LogP contribution in [0.1, 0.15) is 61.7 Å². The largest absolute Gasteiger partial charge is 0.339 e. The van der Waals surface area contributed by atoms with Gasteiger partial charge in [0.15, 0.2) is 0 Å². The minimum atomic E-state index is -0.833. The standard InChI is InChI=1S/C22H28F2N2O2/c23-17-7-8-18(19(24)14-17)22(28)25-12-9-16(10-13-25)21(27)26-11-3-5-15-4-1-2-6-20(15)26/h7-8,14-16,20H,1-6,9-13H2/t15-,20-/m1/s1. The summed E-state index contributed by atoms with van der Waals surface area (Å²) in [6.45, 7) is 1.74. The zero-order valence-corrected chi connectivity index (χ0v) is 16.2. The normalized spacial score (nSPS) is 26.1. The van der Waals surface area contributed by atoms with Gasteiger partial charge in [-0.2, -0.15) is 0 Å². The predicted octanol–water partition coefficient (Wildman–Crippen LogP) is 4.00. The molecule has 0 N–H and O–H groups in total. The first kappa shape index (κ1) is 19.3. The Kier molecular flexibility index (Phi) is 5.65. The van der Waals surface area contributed by atoms with Crippen molar-refractivity contribution in [2.45, 2.75) is 57.4 Å². The lowest BCUT2D eigenvalue weighted by Crippen LogP contribution is -2.53. The van der Waals surface area contributed by atoms with Crippen LogP contribution in [0.4, 0.5) is 8.78 Å². The summed E-state index contributed by atoms with van der Waals surface area (Å²) in [5.41, 5.74) is -0.104. The maximum Gasteiger partial charge on any atom is 0.256 e. The van der Waals surface area contributed by atoms with Crippen LogP contribution in [-0.4, -0.2) is 47.3 Å². The molecule has 1 aromatic rings. The number of likely N-dealkylation sites (tertiary alicyclic amines) is 2. The van der Waals surface area contributed by atoms with Gasteiger partial charge < -0.3 is 9.80 Å². The first-order chi connectivity index (χ1) is 13.5. The maximum absolute atomic E-state index is 13.9. The van der Waals surface area contributed by atoms with Crippen molar-refractivity contribution >= 4 is 11.8 Å². The summed E-state index contributed by atoms with van der Waals surface area (Å²) in [7, 11) is 0. The third-order valence-corrected chi connectivity index (χ3v) is 6.82. The third-order valence-electron chi connectivity index (χ3n) is 6.82. The molecule has 0 radical (unpaired) electrons. The van der Waals surface area contributed by atoms with Gasteiger partial charge in [-0.25, -0.2) is 8.78 Å². The van der Waals surface area contributed by atoms with Gasteiger partial charge in [0.05, 0.1) is 5.56 Å². The van der Waals surface area contributed by atoms with Crippen LogP contribution in [0.5, 0.6) is 0 Å². The number of carbonyl (C=O) groups is 2. The maximum atomic E-state index is 13.9. The summed E-state index contributed by atoms with van der Waals surface area (Å²) in [5, 5.41) is 0. The van der Waals surface area contributed by atoms with Crippen LogP contribution in [0.15, 0.2) is 18.2 Å². The van der Waals surface area contributed by atoms with E-state index in [2.05, 4.69) is 4.90 Å². The van der Waals surface area contributed by atoms with E-state index in [9.17, 15) is 18.4 Å². The molecule has 3 fully saturated rings. The Balaban J connectivity index is 1.37. The van der Waals surface area contributed by atoms with Crippen molar-refractivity contribution in [3.8, 4) is 0 Å². The molecular weight excluding hydrogens is 362 g/mol. The number of rotatable bonds is 2. The van der Waals surface area contributed by atoms with Crippen molar-refractivity contribution in [3.05, 3.63) is 35.4 Å². The fraction of sp³-hybridized carbons (Fsp3) is 0.636. The average molecular weight is 390 g/mol. The molecule has 6 heteroatoms. The Morgan fingerprint density at radius 1 is 0.893 bits per heavy atom. The Morgan fingerprint density at radius 2 is 1.61 bits per heavy atom. The molecule has 2 saturated heterocycles. The van der Waals surface area contributed by atoms with Gasteiger partial charge in [0, 0.05) is 37.7 Å². The van der Waals surface area contributed by atoms with Gasteiger partial charge in [-0.3, -0.25) is 9.59 Å². The first-order valence-corrected chi connectivity index (χ1v) is 10.6. The van der Waals surface area contributed by atoms with Crippen LogP contribution in [-0.2, 0) is 4.79 Å². The molecule has 4 nitrogen and oxygen atoms in total. The molecule has 28 heavy (non-hydrogen) atoms. The third kappa shape index (κ3) is 3.78. The smallest absolute Gasteiger partial charge is 0.256 e. The van der Waals surface area contributed by atoms with E-state index in [1.165, 1.54) is 31.7 Å². The van der Waals surface area contributed by atoms with Crippen molar-refractivity contribution in [1.82, 2.24) is 9.80 Å². The number of amides is 2. The SMILES string of the molecule is O=C(c1ccc(F)cc1F)N1CCC(C(=O)N2CCC[C@H]3CCCC[C@H]32)CC1. The van der Waals surface area contributed by atoms with E-state index in [4.69, 9.17) is 0 Å². The molecule has 0 aromatic heterocycles. The summed E-state index contributed by atoms with van der Waals surface area (Å²) in [5.74, 6) is -1.09. The van der Waals surface area contributed by atoms with E-state index in [-0.39, 0.29) is 17.4 Å². The summed E-state index contributed by atoms with van der Waals surface area (Å²) < 4.78 is 27.0. The molecule has 2 atom stereocenters. The van der Waals surface area contributed by atoms with Crippen LogP contribution < -0.4 is 0 Å². The van der Waals surface area contributed by atoms with Gasteiger partial charge in [-0.15, -0.1) is 0 Å². The Morgan fingerprint density at radius 3 is 2.36 bits per heavy atom. The van der Waals surface area contributed by atoms with E-state index in [0.29, 0.717) is 37.9 Å². The molecule has 1 saturated carbocycles. The molecule has 0 spiro atoms. The van der Waals surface area contributed by atoms with Crippen molar-refractivity contribution < 1.29 is 18.4 Å². The van der Waals surface area contributed by atoms with Gasteiger partial charge in [0.25, 0.3) is 5.91 Å². The second-order valence-electron chi connectivity index (χ2n) is 8.48. The number of fused-ring (bicyclic) bond motifs is 1. The Labute approximate surface area is 164 Å². The number of carbonyl (C=O) groups excluding carboxylic acids is 2. The van der Waals surface area contributed by atoms with Gasteiger partial charge >= 0.3 is 0 Å². The molecule has 2 aliphatic heterocycles. The lowest BCUT2D eigenvalue weighted by atomic mass is 9.77. The fourth-order valence-electron chi connectivity index (χ4n) is 5.30. The minimum absolute atomic E-state index is 0.0530. The highest BCUT2D eigenvalue weighted by molar-refractivity contribution is 5.94. The highest BCUT2D eigenvalue weighted by Gasteiger charge is 2.39. The van der Waals surface area contributed by atoms with Crippen molar-refractivity contribution in [2.75, 3.05) is 19.6 Å². The number of hydrogen-bond donors (Lipinski definition) is 0. The van der Waals surface area contributed by atoms with Gasteiger partial charge in [0.1, 0.15) is 11.6 Å². The van der Waals surface area contributed by atoms with E-state index in [1.807, 2.05) is 0 Å². The Hall–Kier alpha value is -1.98. The Bertz CT molecular complexity index is 744. The van der Waals surface area contributed by atoms with Gasteiger partial charge in [-0.05, 0) is 56.6 Å². The number of piperidine rings is 2. The molecular formula is C22H28F2N2O2. The molecule has 0 bridgehead atoms. The van der Waals surface area contributed by atoms with Crippen molar-refractivity contribution in [3.63, 3.8) is 0 Å². The topological polar surface area (TPSA) is 40.6 Å². The second-order valence-corrected chi connectivity index (χ2v) is 8.48. The summed E-state index contributed by atoms with van der Waals surface area (Å²) in [6.07, 6.45) is 8.41. The summed E-state index contributed by atoms with van der Waals surface area (Å²) >= 11 is 0. The lowest BCUT2D eigenvalue weighted by Gasteiger charge is -2.46. The summed E-state index contributed by atoms with van der Waals surface area (Å²) in [4.78, 5) is 29.5. The summed E-state index contributed by atoms with van der Waals surface area (Å²) in [6, 6.07) is 3.44. The van der Waals surface area contributed by atoms with E-state index >= 15 is 0 Å². The molecule has 1 aromatic carbocycles. The van der Waals surface area contributed by atoms with Crippen LogP contribution in [0.3, 0.4) is 0 Å². The number of hydrogen-bond acceptors (Lipinski definition) is 2. The lowest BCUT2D eigenvalue weighted by molar-refractivity contribution is -0.143. The van der Waals surface area contributed by atoms with Crippen LogP contribution >= 0.6 is 0 Å². The second kappa shape index (κ2) is 8.18. The van der Waals surface area contributed by atoms with Gasteiger partial charge in [-0.1, -0.05) is 12.8 Å². The van der Waals surface area contributed by atoms with Crippen molar-refractivity contribution in [2.24, 2.45) is 11.8 Å².